The van der Waals surface area contributed by atoms with Crippen molar-refractivity contribution in [1.82, 2.24) is 0 Å². The van der Waals surface area contributed by atoms with E-state index in [-0.39, 0.29) is 10.9 Å². The summed E-state index contributed by atoms with van der Waals surface area (Å²) in [5.41, 5.74) is 0. The summed E-state index contributed by atoms with van der Waals surface area (Å²) in [4.78, 5) is -0.872. The molecule has 12 heteroatoms. The van der Waals surface area contributed by atoms with Gasteiger partial charge in [0, 0.05) is 18.4 Å². The fourth-order valence-corrected chi connectivity index (χ4v) is 5.12. The van der Waals surface area contributed by atoms with Gasteiger partial charge in [0.25, 0.3) is 0 Å². The van der Waals surface area contributed by atoms with E-state index in [1.54, 1.807) is 0 Å². The first-order valence-corrected chi connectivity index (χ1v) is 8.88. The van der Waals surface area contributed by atoms with Gasteiger partial charge in [-0.2, -0.15) is 30.7 Å². The van der Waals surface area contributed by atoms with Gasteiger partial charge >= 0.3 is 17.4 Å². The monoisotopic (exact) mass is 510 g/mol. The van der Waals surface area contributed by atoms with Gasteiger partial charge in [-0.15, -0.1) is 0 Å². The third kappa shape index (κ3) is 3.90. The van der Waals surface area contributed by atoms with Crippen molar-refractivity contribution in [3.05, 3.63) is 21.5 Å². The van der Waals surface area contributed by atoms with Gasteiger partial charge in [0.1, 0.15) is 10.8 Å². The SMILES string of the molecule is COC(C)C1(Br)C=C(S(=O)C(F)(F)C(F)(F)C(F)(F)F)C=C(Br)C1. The molecular formula is C12H11Br2F7O2S. The van der Waals surface area contributed by atoms with Crippen LogP contribution in [0.4, 0.5) is 30.7 Å². The number of rotatable bonds is 5. The van der Waals surface area contributed by atoms with E-state index < -0.39 is 43.5 Å². The van der Waals surface area contributed by atoms with E-state index in [2.05, 4.69) is 31.9 Å². The Hall–Kier alpha value is 0.0600. The van der Waals surface area contributed by atoms with Crippen LogP contribution in [0.15, 0.2) is 21.5 Å². The van der Waals surface area contributed by atoms with E-state index in [9.17, 15) is 34.9 Å². The second-order valence-corrected chi connectivity index (χ2v) is 8.99. The highest BCUT2D eigenvalue weighted by molar-refractivity contribution is 9.12. The van der Waals surface area contributed by atoms with Crippen molar-refractivity contribution in [3.63, 3.8) is 0 Å². The Morgan fingerprint density at radius 2 is 1.75 bits per heavy atom. The van der Waals surface area contributed by atoms with Crippen molar-refractivity contribution >= 4 is 42.7 Å². The van der Waals surface area contributed by atoms with E-state index in [0.717, 1.165) is 12.2 Å². The topological polar surface area (TPSA) is 26.3 Å². The van der Waals surface area contributed by atoms with Crippen LogP contribution in [0.2, 0.25) is 0 Å². The van der Waals surface area contributed by atoms with Crippen LogP contribution >= 0.6 is 31.9 Å². The minimum absolute atomic E-state index is 0.129. The summed E-state index contributed by atoms with van der Waals surface area (Å²) >= 11 is 6.14. The number of hydrogen-bond acceptors (Lipinski definition) is 2. The summed E-state index contributed by atoms with van der Waals surface area (Å²) in [7, 11) is -2.66. The number of hydrogen-bond donors (Lipinski definition) is 0. The average Bonchev–Trinajstić information content (AvgIpc) is 2.42. The zero-order valence-electron chi connectivity index (χ0n) is 12.1. The third-order valence-electron chi connectivity index (χ3n) is 3.32. The molecule has 0 radical (unpaired) electrons. The van der Waals surface area contributed by atoms with Crippen LogP contribution in [0, 0.1) is 0 Å². The molecule has 0 amide bonds. The van der Waals surface area contributed by atoms with Gasteiger partial charge in [-0.05, 0) is 23.6 Å². The number of methoxy groups -OCH3 is 1. The van der Waals surface area contributed by atoms with Crippen LogP contribution < -0.4 is 0 Å². The Morgan fingerprint density at radius 1 is 1.25 bits per heavy atom. The molecule has 0 saturated heterocycles. The lowest BCUT2D eigenvalue weighted by Gasteiger charge is -2.34. The van der Waals surface area contributed by atoms with Crippen LogP contribution in [-0.4, -0.2) is 39.1 Å². The number of ether oxygens (including phenoxy) is 1. The Bertz CT molecular complexity index is 588. The molecule has 0 aliphatic heterocycles. The maximum atomic E-state index is 13.6. The molecule has 1 rings (SSSR count). The number of alkyl halides is 8. The molecular weight excluding hydrogens is 501 g/mol. The average molecular weight is 512 g/mol. The molecule has 1 aliphatic carbocycles. The number of allylic oxidation sites excluding steroid dienone is 2. The summed E-state index contributed by atoms with van der Waals surface area (Å²) in [6.07, 6.45) is -5.36. The minimum atomic E-state index is -6.55. The van der Waals surface area contributed by atoms with Gasteiger partial charge in [-0.1, -0.05) is 31.9 Å². The third-order valence-corrected chi connectivity index (χ3v) is 6.37. The summed E-state index contributed by atoms with van der Waals surface area (Å²) in [6.45, 7) is 1.51. The van der Waals surface area contributed by atoms with Crippen LogP contribution in [0.25, 0.3) is 0 Å². The minimum Gasteiger partial charge on any atom is -0.380 e. The summed E-state index contributed by atoms with van der Waals surface area (Å²) in [6, 6.07) is 0. The van der Waals surface area contributed by atoms with Crippen molar-refractivity contribution in [2.45, 2.75) is 41.1 Å². The van der Waals surface area contributed by atoms with Crippen molar-refractivity contribution in [2.24, 2.45) is 0 Å². The fourth-order valence-electron chi connectivity index (χ4n) is 1.79. The molecule has 3 atom stereocenters. The van der Waals surface area contributed by atoms with Gasteiger partial charge in [0.05, 0.1) is 10.4 Å². The first-order valence-electron chi connectivity index (χ1n) is 6.15. The molecule has 0 aromatic heterocycles. The highest BCUT2D eigenvalue weighted by Crippen LogP contribution is 2.51. The second kappa shape index (κ2) is 6.99. The molecule has 3 unspecified atom stereocenters. The summed E-state index contributed by atoms with van der Waals surface area (Å²) in [5.74, 6) is -6.45. The normalized spacial score (nSPS) is 25.8. The first-order chi connectivity index (χ1) is 10.6. The predicted octanol–water partition coefficient (Wildman–Crippen LogP) is 5.26. The quantitative estimate of drug-likeness (QED) is 0.372. The van der Waals surface area contributed by atoms with E-state index in [1.165, 1.54) is 14.0 Å². The smallest absolute Gasteiger partial charge is 0.380 e. The van der Waals surface area contributed by atoms with Gasteiger partial charge in [-0.3, -0.25) is 0 Å². The molecule has 2 nitrogen and oxygen atoms in total. The Balaban J connectivity index is 3.36. The zero-order valence-corrected chi connectivity index (χ0v) is 16.1. The van der Waals surface area contributed by atoms with Gasteiger partial charge in [0.2, 0.25) is 0 Å². The maximum Gasteiger partial charge on any atom is 0.461 e. The highest BCUT2D eigenvalue weighted by atomic mass is 79.9. The standard InChI is InChI=1S/C12H11Br2F7O2S/c1-6(23-2)9(14)4-7(13)3-8(5-9)24(22)12(20,21)10(15,16)11(17,18)19/h3,5-6H,4H2,1-2H3. The molecule has 140 valence electrons. The molecule has 0 bridgehead atoms. The molecule has 0 fully saturated rings. The van der Waals surface area contributed by atoms with Crippen LogP contribution in [-0.2, 0) is 15.5 Å². The first kappa shape index (κ1) is 22.1. The number of halogens is 9. The second-order valence-electron chi connectivity index (χ2n) is 4.98. The zero-order chi connectivity index (χ0) is 19.1. The molecule has 0 saturated carbocycles. The lowest BCUT2D eigenvalue weighted by atomic mass is 9.95. The van der Waals surface area contributed by atoms with Crippen molar-refractivity contribution in [3.8, 4) is 0 Å². The Morgan fingerprint density at radius 3 is 2.17 bits per heavy atom. The van der Waals surface area contributed by atoms with E-state index in [1.807, 2.05) is 0 Å². The highest BCUT2D eigenvalue weighted by Gasteiger charge is 2.76. The molecule has 0 N–H and O–H groups in total. The molecule has 0 spiro atoms. The maximum absolute atomic E-state index is 13.6. The van der Waals surface area contributed by atoms with E-state index >= 15 is 0 Å². The molecule has 24 heavy (non-hydrogen) atoms. The van der Waals surface area contributed by atoms with Crippen molar-refractivity contribution in [1.29, 1.82) is 0 Å². The summed E-state index contributed by atoms with van der Waals surface area (Å²) in [5, 5.41) is -5.84. The van der Waals surface area contributed by atoms with Gasteiger partial charge in [-0.25, -0.2) is 4.21 Å². The fraction of sp³-hybridized carbons (Fsp3) is 0.667. The van der Waals surface area contributed by atoms with Crippen LogP contribution in [0.1, 0.15) is 13.3 Å². The lowest BCUT2D eigenvalue weighted by molar-refractivity contribution is -0.331. The Kier molecular flexibility index (Phi) is 6.44. The van der Waals surface area contributed by atoms with E-state index in [0.29, 0.717) is 0 Å². The molecule has 0 aromatic carbocycles. The van der Waals surface area contributed by atoms with Crippen LogP contribution in [0.3, 0.4) is 0 Å². The summed E-state index contributed by atoms with van der Waals surface area (Å²) < 4.78 is 106. The van der Waals surface area contributed by atoms with Gasteiger partial charge in [0.15, 0.2) is 0 Å². The lowest BCUT2D eigenvalue weighted by Crippen LogP contribution is -2.54. The Labute approximate surface area is 152 Å². The molecule has 0 heterocycles. The van der Waals surface area contributed by atoms with Crippen molar-refractivity contribution in [2.75, 3.05) is 7.11 Å². The largest absolute Gasteiger partial charge is 0.461 e. The molecule has 0 aromatic rings. The predicted molar refractivity (Wildman–Crippen MR) is 81.9 cm³/mol. The van der Waals surface area contributed by atoms with Gasteiger partial charge < -0.3 is 4.74 Å². The van der Waals surface area contributed by atoms with E-state index in [4.69, 9.17) is 4.74 Å². The molecule has 1 aliphatic rings. The van der Waals surface area contributed by atoms with Crippen LogP contribution in [0.5, 0.6) is 0 Å². The van der Waals surface area contributed by atoms with Crippen molar-refractivity contribution < 1.29 is 39.7 Å².